The first-order valence-corrected chi connectivity index (χ1v) is 44.2. The lowest BCUT2D eigenvalue weighted by molar-refractivity contribution is -0.161. The van der Waals surface area contributed by atoms with E-state index in [0.717, 1.165) is 114 Å². The molecule has 0 aromatic rings. The molecule has 0 saturated heterocycles. The Morgan fingerprint density at radius 1 is 0.253 bits per heavy atom. The summed E-state index contributed by atoms with van der Waals surface area (Å²) >= 11 is 0. The summed E-state index contributed by atoms with van der Waals surface area (Å²) in [6, 6.07) is 0. The maximum absolute atomic E-state index is 13.1. The Labute approximate surface area is 607 Å². The van der Waals surface area contributed by atoms with E-state index in [-0.39, 0.29) is 25.7 Å². The first-order valence-electron chi connectivity index (χ1n) is 41.2. The van der Waals surface area contributed by atoms with Gasteiger partial charge in [0, 0.05) is 25.7 Å². The van der Waals surface area contributed by atoms with Crippen molar-refractivity contribution in [1.29, 1.82) is 0 Å². The predicted molar refractivity (Wildman–Crippen MR) is 404 cm³/mol. The van der Waals surface area contributed by atoms with Crippen molar-refractivity contribution in [3.8, 4) is 0 Å². The van der Waals surface area contributed by atoms with Crippen LogP contribution in [0, 0.1) is 23.7 Å². The Kier molecular flexibility index (Phi) is 67.8. The Balaban J connectivity index is 5.20. The lowest BCUT2D eigenvalue weighted by Gasteiger charge is -2.21. The molecule has 0 spiro atoms. The van der Waals surface area contributed by atoms with Crippen molar-refractivity contribution in [2.45, 2.75) is 427 Å². The Bertz CT molecular complexity index is 1940. The Hall–Kier alpha value is -1.94. The second kappa shape index (κ2) is 69.1. The predicted octanol–water partition coefficient (Wildman–Crippen LogP) is 23.6. The number of phosphoric ester groups is 2. The van der Waals surface area contributed by atoms with Crippen LogP contribution in [0.25, 0.3) is 0 Å². The van der Waals surface area contributed by atoms with E-state index < -0.39 is 97.5 Å². The zero-order valence-corrected chi connectivity index (χ0v) is 66.9. The molecule has 0 saturated carbocycles. The summed E-state index contributed by atoms with van der Waals surface area (Å²) in [4.78, 5) is 72.9. The molecule has 0 amide bonds. The van der Waals surface area contributed by atoms with Crippen LogP contribution in [0.1, 0.15) is 409 Å². The summed E-state index contributed by atoms with van der Waals surface area (Å²) in [5, 5.41) is 10.6. The first-order chi connectivity index (χ1) is 47.6. The monoisotopic (exact) mass is 1450 g/mol. The van der Waals surface area contributed by atoms with Crippen LogP contribution in [-0.2, 0) is 65.4 Å². The van der Waals surface area contributed by atoms with Crippen LogP contribution >= 0.6 is 15.6 Å². The molecule has 17 nitrogen and oxygen atoms in total. The van der Waals surface area contributed by atoms with Crippen molar-refractivity contribution < 1.29 is 80.2 Å². The fourth-order valence-electron chi connectivity index (χ4n) is 12.3. The molecule has 0 aromatic heterocycles. The van der Waals surface area contributed by atoms with Gasteiger partial charge in [-0.15, -0.1) is 0 Å². The number of aliphatic hydroxyl groups excluding tert-OH is 1. The van der Waals surface area contributed by atoms with E-state index in [1.54, 1.807) is 0 Å². The highest BCUT2D eigenvalue weighted by molar-refractivity contribution is 7.47. The van der Waals surface area contributed by atoms with Crippen LogP contribution in [-0.4, -0.2) is 96.7 Å². The van der Waals surface area contributed by atoms with Crippen LogP contribution in [0.5, 0.6) is 0 Å². The molecular formula is C80H156O17P2. The van der Waals surface area contributed by atoms with E-state index in [0.29, 0.717) is 31.6 Å². The van der Waals surface area contributed by atoms with E-state index in [2.05, 4.69) is 55.4 Å². The summed E-state index contributed by atoms with van der Waals surface area (Å²) in [5.41, 5.74) is 0. The molecule has 0 rings (SSSR count). The highest BCUT2D eigenvalue weighted by Crippen LogP contribution is 2.45. The number of esters is 4. The number of hydrogen-bond donors (Lipinski definition) is 3. The third-order valence-corrected chi connectivity index (χ3v) is 20.5. The van der Waals surface area contributed by atoms with E-state index in [9.17, 15) is 43.2 Å². The van der Waals surface area contributed by atoms with E-state index >= 15 is 0 Å². The number of unbranched alkanes of at least 4 members (excludes halogenated alkanes) is 43. The highest BCUT2D eigenvalue weighted by atomic mass is 31.2. The van der Waals surface area contributed by atoms with Gasteiger partial charge in [0.05, 0.1) is 26.4 Å². The van der Waals surface area contributed by atoms with Crippen molar-refractivity contribution in [3.63, 3.8) is 0 Å². The normalized spacial score (nSPS) is 14.1. The molecule has 3 unspecified atom stereocenters. The molecule has 0 fully saturated rings. The van der Waals surface area contributed by atoms with Crippen LogP contribution in [0.2, 0.25) is 0 Å². The number of rotatable bonds is 77. The number of ether oxygens (including phenoxy) is 4. The molecule has 3 N–H and O–H groups in total. The van der Waals surface area contributed by atoms with E-state index in [4.69, 9.17) is 37.0 Å². The minimum absolute atomic E-state index is 0.107. The number of hydrogen-bond acceptors (Lipinski definition) is 15. The number of carbonyl (C=O) groups is 4. The summed E-state index contributed by atoms with van der Waals surface area (Å²) < 4.78 is 68.6. The van der Waals surface area contributed by atoms with Gasteiger partial charge in [-0.1, -0.05) is 357 Å². The fourth-order valence-corrected chi connectivity index (χ4v) is 13.8. The summed E-state index contributed by atoms with van der Waals surface area (Å²) in [7, 11) is -9.92. The highest BCUT2D eigenvalue weighted by Gasteiger charge is 2.30. The summed E-state index contributed by atoms with van der Waals surface area (Å²) in [6.07, 6.45) is 55.7. The molecule has 19 heteroatoms. The second-order valence-electron chi connectivity index (χ2n) is 30.7. The fraction of sp³-hybridized carbons (Fsp3) is 0.950. The molecule has 99 heavy (non-hydrogen) atoms. The number of aliphatic hydroxyl groups is 1. The van der Waals surface area contributed by atoms with Gasteiger partial charge in [0.25, 0.3) is 0 Å². The minimum Gasteiger partial charge on any atom is -0.462 e. The topological polar surface area (TPSA) is 237 Å². The Morgan fingerprint density at radius 2 is 0.424 bits per heavy atom. The van der Waals surface area contributed by atoms with Gasteiger partial charge in [-0.25, -0.2) is 9.13 Å². The standard InChI is InChI=1S/C80H156O17P2/c1-70(2)56-48-40-32-25-21-17-13-9-11-15-19-23-27-37-46-54-62-79(84)96-75(66-90-77(82)60-52-44-36-30-29-34-42-50-58-72(5)6)68-94-98(86,87)92-64-74(81)65-93-99(88,89)95-69-76(67-91-78(83)61-53-45-39-31-35-43-51-59-73(7)8)97-80(85)63-55-47-38-28-24-20-16-12-10-14-18-22-26-33-41-49-57-71(3)4/h70-76,81H,9-69H2,1-8H3,(H,86,87)(H,88,89)/t74?,75-,76-/m1/s1. The Morgan fingerprint density at radius 3 is 0.626 bits per heavy atom. The lowest BCUT2D eigenvalue weighted by atomic mass is 10.0. The maximum atomic E-state index is 13.1. The van der Waals surface area contributed by atoms with Crippen LogP contribution in [0.4, 0.5) is 0 Å². The van der Waals surface area contributed by atoms with Gasteiger partial charge in [0.2, 0.25) is 0 Å². The van der Waals surface area contributed by atoms with E-state index in [1.165, 1.54) is 205 Å². The molecule has 0 aliphatic rings. The quantitative estimate of drug-likeness (QED) is 0.0222. The van der Waals surface area contributed by atoms with Crippen molar-refractivity contribution in [2.24, 2.45) is 23.7 Å². The van der Waals surface area contributed by atoms with Crippen LogP contribution < -0.4 is 0 Å². The molecule has 0 radical (unpaired) electrons. The van der Waals surface area contributed by atoms with Crippen LogP contribution in [0.3, 0.4) is 0 Å². The van der Waals surface area contributed by atoms with Crippen molar-refractivity contribution in [3.05, 3.63) is 0 Å². The average Bonchev–Trinajstić information content (AvgIpc) is 0.997. The smallest absolute Gasteiger partial charge is 0.462 e. The van der Waals surface area contributed by atoms with Gasteiger partial charge >= 0.3 is 39.5 Å². The van der Waals surface area contributed by atoms with Crippen molar-refractivity contribution in [1.82, 2.24) is 0 Å². The molecule has 5 atom stereocenters. The third kappa shape index (κ3) is 74.1. The zero-order valence-electron chi connectivity index (χ0n) is 65.1. The molecular weight excluding hydrogens is 1290 g/mol. The van der Waals surface area contributed by atoms with Gasteiger partial charge in [0.1, 0.15) is 19.3 Å². The molecule has 0 bridgehead atoms. The van der Waals surface area contributed by atoms with Crippen LogP contribution in [0.15, 0.2) is 0 Å². The zero-order chi connectivity index (χ0) is 73.1. The van der Waals surface area contributed by atoms with Gasteiger partial charge in [-0.2, -0.15) is 0 Å². The molecule has 0 aromatic carbocycles. The molecule has 0 aliphatic heterocycles. The lowest BCUT2D eigenvalue weighted by Crippen LogP contribution is -2.30. The number of carbonyl (C=O) groups excluding carboxylic acids is 4. The summed E-state index contributed by atoms with van der Waals surface area (Å²) in [6.45, 7) is 14.2. The van der Waals surface area contributed by atoms with Gasteiger partial charge < -0.3 is 33.8 Å². The SMILES string of the molecule is CC(C)CCCCCCCCCCCCCCCCCCC(=O)O[C@H](COC(=O)CCCCCCCCCCC(C)C)COP(=O)(O)OCC(O)COP(=O)(O)OC[C@@H](COC(=O)CCCCCCCCCC(C)C)OC(=O)CCCCCCCCCCCCCCCCCCC(C)C. The van der Waals surface area contributed by atoms with Crippen molar-refractivity contribution >= 4 is 39.5 Å². The number of phosphoric acid groups is 2. The van der Waals surface area contributed by atoms with Gasteiger partial charge in [0.15, 0.2) is 12.2 Å². The largest absolute Gasteiger partial charge is 0.472 e. The molecule has 0 heterocycles. The maximum Gasteiger partial charge on any atom is 0.472 e. The third-order valence-electron chi connectivity index (χ3n) is 18.6. The second-order valence-corrected chi connectivity index (χ2v) is 33.6. The van der Waals surface area contributed by atoms with Crippen molar-refractivity contribution in [2.75, 3.05) is 39.6 Å². The first kappa shape index (κ1) is 97.1. The molecule has 0 aliphatic carbocycles. The summed E-state index contributed by atoms with van der Waals surface area (Å²) in [5.74, 6) is 0.932. The van der Waals surface area contributed by atoms with Gasteiger partial charge in [-0.3, -0.25) is 37.3 Å². The average molecular weight is 1450 g/mol. The van der Waals surface area contributed by atoms with Gasteiger partial charge in [-0.05, 0) is 49.4 Å². The minimum atomic E-state index is -4.96. The van der Waals surface area contributed by atoms with E-state index in [1.807, 2.05) is 0 Å². The molecule has 588 valence electrons.